The predicted octanol–water partition coefficient (Wildman–Crippen LogP) is 1.99. The highest BCUT2D eigenvalue weighted by atomic mass is 32.1. The van der Waals surface area contributed by atoms with E-state index in [1.54, 1.807) is 6.20 Å². The second-order valence-electron chi connectivity index (χ2n) is 5.17. The molecular formula is C13H20N2O2S. The van der Waals surface area contributed by atoms with Crippen molar-refractivity contribution in [3.63, 3.8) is 0 Å². The van der Waals surface area contributed by atoms with Gasteiger partial charge in [-0.3, -0.25) is 4.79 Å². The smallest absolute Gasteiger partial charge is 0.263 e. The van der Waals surface area contributed by atoms with Gasteiger partial charge < -0.3 is 10.4 Å². The van der Waals surface area contributed by atoms with E-state index in [9.17, 15) is 9.90 Å². The molecule has 100 valence electrons. The van der Waals surface area contributed by atoms with Gasteiger partial charge in [0.2, 0.25) is 0 Å². The van der Waals surface area contributed by atoms with Gasteiger partial charge in [0, 0.05) is 0 Å². The maximum Gasteiger partial charge on any atom is 0.263 e. The molecule has 1 aliphatic rings. The molecule has 0 aliphatic heterocycles. The highest BCUT2D eigenvalue weighted by Crippen LogP contribution is 2.39. The minimum Gasteiger partial charge on any atom is -0.394 e. The first-order valence-electron chi connectivity index (χ1n) is 6.47. The fourth-order valence-corrected chi connectivity index (χ4v) is 2.97. The Balaban J connectivity index is 2.01. The van der Waals surface area contributed by atoms with E-state index >= 15 is 0 Å². The average molecular weight is 268 g/mol. The number of nitrogens with zero attached hydrogens (tertiary/aromatic N) is 1. The summed E-state index contributed by atoms with van der Waals surface area (Å²) in [6, 6.07) is 0. The monoisotopic (exact) mass is 268 g/mol. The van der Waals surface area contributed by atoms with Gasteiger partial charge in [0.1, 0.15) is 4.88 Å². The van der Waals surface area contributed by atoms with Crippen molar-refractivity contribution in [3.05, 3.63) is 16.1 Å². The lowest BCUT2D eigenvalue weighted by molar-refractivity contribution is 0.0828. The van der Waals surface area contributed by atoms with E-state index in [1.165, 1.54) is 11.3 Å². The van der Waals surface area contributed by atoms with E-state index in [0.717, 1.165) is 30.7 Å². The minimum absolute atomic E-state index is 0.00989. The number of thiazole rings is 1. The van der Waals surface area contributed by atoms with Crippen molar-refractivity contribution < 1.29 is 9.90 Å². The zero-order chi connectivity index (χ0) is 13.2. The standard InChI is InChI=1S/C13H20N2O2S/c1-3-4-11-14-7-10(18-11)12(17)15-13(2,8-16)9-5-6-9/h7,9,16H,3-6,8H2,1-2H3,(H,15,17). The van der Waals surface area contributed by atoms with Crippen molar-refractivity contribution in [2.45, 2.75) is 45.1 Å². The van der Waals surface area contributed by atoms with E-state index in [2.05, 4.69) is 17.2 Å². The summed E-state index contributed by atoms with van der Waals surface area (Å²) in [5, 5.41) is 13.4. The Morgan fingerprint density at radius 2 is 2.39 bits per heavy atom. The van der Waals surface area contributed by atoms with Gasteiger partial charge in [0.05, 0.1) is 23.4 Å². The van der Waals surface area contributed by atoms with Gasteiger partial charge in [-0.25, -0.2) is 4.98 Å². The van der Waals surface area contributed by atoms with Crippen LogP contribution in [-0.2, 0) is 6.42 Å². The van der Waals surface area contributed by atoms with Crippen molar-refractivity contribution in [2.24, 2.45) is 5.92 Å². The molecule has 1 amide bonds. The van der Waals surface area contributed by atoms with Gasteiger partial charge in [0.25, 0.3) is 5.91 Å². The fourth-order valence-electron chi connectivity index (χ4n) is 2.06. The summed E-state index contributed by atoms with van der Waals surface area (Å²) in [4.78, 5) is 17.0. The summed E-state index contributed by atoms with van der Waals surface area (Å²) >= 11 is 1.44. The molecule has 5 heteroatoms. The molecule has 4 nitrogen and oxygen atoms in total. The maximum atomic E-state index is 12.1. The zero-order valence-corrected chi connectivity index (χ0v) is 11.7. The number of hydrogen-bond donors (Lipinski definition) is 2. The molecule has 1 heterocycles. The number of carbonyl (C=O) groups is 1. The SMILES string of the molecule is CCCc1ncc(C(=O)NC(C)(CO)C2CC2)s1. The Bertz CT molecular complexity index is 428. The Hall–Kier alpha value is -0.940. The number of carbonyl (C=O) groups excluding carboxylic acids is 1. The third kappa shape index (κ3) is 2.90. The number of aliphatic hydroxyl groups is 1. The molecule has 18 heavy (non-hydrogen) atoms. The van der Waals surface area contributed by atoms with Crippen LogP contribution in [0.5, 0.6) is 0 Å². The first kappa shape index (κ1) is 13.5. The van der Waals surface area contributed by atoms with E-state index in [1.807, 2.05) is 6.92 Å². The Morgan fingerprint density at radius 3 is 2.94 bits per heavy atom. The quantitative estimate of drug-likeness (QED) is 0.829. The van der Waals surface area contributed by atoms with Crippen LogP contribution < -0.4 is 5.32 Å². The van der Waals surface area contributed by atoms with Crippen LogP contribution in [0.1, 0.15) is 47.8 Å². The summed E-state index contributed by atoms with van der Waals surface area (Å²) in [5.41, 5.74) is -0.480. The van der Waals surface area contributed by atoms with Crippen molar-refractivity contribution in [1.82, 2.24) is 10.3 Å². The second-order valence-corrected chi connectivity index (χ2v) is 6.29. The molecule has 1 aromatic rings. The van der Waals surface area contributed by atoms with Gasteiger partial charge in [-0.2, -0.15) is 0 Å². The number of amides is 1. The number of nitrogens with one attached hydrogen (secondary N) is 1. The third-order valence-electron chi connectivity index (χ3n) is 3.45. The second kappa shape index (κ2) is 5.36. The number of aliphatic hydroxyl groups excluding tert-OH is 1. The van der Waals surface area contributed by atoms with Gasteiger partial charge in [-0.15, -0.1) is 11.3 Å². The van der Waals surface area contributed by atoms with Crippen molar-refractivity contribution in [3.8, 4) is 0 Å². The molecule has 1 fully saturated rings. The highest BCUT2D eigenvalue weighted by Gasteiger charge is 2.42. The zero-order valence-electron chi connectivity index (χ0n) is 10.9. The molecule has 1 unspecified atom stereocenters. The van der Waals surface area contributed by atoms with Crippen molar-refractivity contribution in [2.75, 3.05) is 6.61 Å². The average Bonchev–Trinajstić information content (AvgIpc) is 3.11. The summed E-state index contributed by atoms with van der Waals surface area (Å²) in [7, 11) is 0. The molecule has 1 atom stereocenters. The highest BCUT2D eigenvalue weighted by molar-refractivity contribution is 7.13. The molecule has 1 aliphatic carbocycles. The van der Waals surface area contributed by atoms with Crippen LogP contribution in [-0.4, -0.2) is 28.1 Å². The van der Waals surface area contributed by atoms with Gasteiger partial charge in [-0.05, 0) is 38.5 Å². The van der Waals surface area contributed by atoms with Crippen LogP contribution in [0, 0.1) is 5.92 Å². The first-order chi connectivity index (χ1) is 8.59. The lowest BCUT2D eigenvalue weighted by Crippen LogP contribution is -2.50. The van der Waals surface area contributed by atoms with Crippen LogP contribution >= 0.6 is 11.3 Å². The van der Waals surface area contributed by atoms with Crippen molar-refractivity contribution in [1.29, 1.82) is 0 Å². The number of aromatic nitrogens is 1. The fraction of sp³-hybridized carbons (Fsp3) is 0.692. The summed E-state index contributed by atoms with van der Waals surface area (Å²) < 4.78 is 0. The van der Waals surface area contributed by atoms with Crippen molar-refractivity contribution >= 4 is 17.2 Å². The topological polar surface area (TPSA) is 62.2 Å². The van der Waals surface area contributed by atoms with E-state index in [-0.39, 0.29) is 12.5 Å². The lowest BCUT2D eigenvalue weighted by atomic mass is 9.97. The number of hydrogen-bond acceptors (Lipinski definition) is 4. The molecule has 0 saturated heterocycles. The molecule has 0 radical (unpaired) electrons. The molecule has 0 aromatic carbocycles. The maximum absolute atomic E-state index is 12.1. The van der Waals surface area contributed by atoms with Gasteiger partial charge in [-0.1, -0.05) is 6.92 Å². The molecule has 2 N–H and O–H groups in total. The third-order valence-corrected chi connectivity index (χ3v) is 4.50. The van der Waals surface area contributed by atoms with Crippen LogP contribution in [0.15, 0.2) is 6.20 Å². The first-order valence-corrected chi connectivity index (χ1v) is 7.28. The molecule has 0 spiro atoms. The summed E-state index contributed by atoms with van der Waals surface area (Å²) in [6.07, 6.45) is 5.75. The summed E-state index contributed by atoms with van der Waals surface area (Å²) in [6.45, 7) is 4.00. The lowest BCUT2D eigenvalue weighted by Gasteiger charge is -2.28. The molecule has 1 saturated carbocycles. The van der Waals surface area contributed by atoms with Gasteiger partial charge in [0.15, 0.2) is 0 Å². The largest absolute Gasteiger partial charge is 0.394 e. The molecule has 0 bridgehead atoms. The Morgan fingerprint density at radius 1 is 1.67 bits per heavy atom. The van der Waals surface area contributed by atoms with Crippen LogP contribution in [0.25, 0.3) is 0 Å². The van der Waals surface area contributed by atoms with Gasteiger partial charge >= 0.3 is 0 Å². The van der Waals surface area contributed by atoms with E-state index in [0.29, 0.717) is 10.8 Å². The Kier molecular flexibility index (Phi) is 4.02. The van der Waals surface area contributed by atoms with E-state index in [4.69, 9.17) is 0 Å². The molecule has 1 aromatic heterocycles. The van der Waals surface area contributed by atoms with Crippen LogP contribution in [0.3, 0.4) is 0 Å². The van der Waals surface area contributed by atoms with Crippen LogP contribution in [0.4, 0.5) is 0 Å². The summed E-state index contributed by atoms with van der Waals surface area (Å²) in [5.74, 6) is 0.299. The Labute approximate surface area is 111 Å². The number of rotatable bonds is 6. The van der Waals surface area contributed by atoms with E-state index < -0.39 is 5.54 Å². The molecular weight excluding hydrogens is 248 g/mol. The minimum atomic E-state index is -0.480. The van der Waals surface area contributed by atoms with Crippen LogP contribution in [0.2, 0.25) is 0 Å². The molecule has 2 rings (SSSR count). The number of aryl methyl sites for hydroxylation is 1. The normalized spacial score (nSPS) is 18.4. The predicted molar refractivity (Wildman–Crippen MR) is 71.8 cm³/mol.